The zero-order chi connectivity index (χ0) is 12.1. The van der Waals surface area contributed by atoms with Gasteiger partial charge in [0, 0.05) is 25.3 Å². The first-order valence-corrected chi connectivity index (χ1v) is 6.10. The van der Waals surface area contributed by atoms with E-state index in [-0.39, 0.29) is 5.82 Å². The van der Waals surface area contributed by atoms with Crippen LogP contribution in [-0.4, -0.2) is 20.2 Å². The van der Waals surface area contributed by atoms with Crippen LogP contribution in [0, 0.1) is 5.82 Å². The quantitative estimate of drug-likeness (QED) is 0.815. The second kappa shape index (κ2) is 5.98. The van der Waals surface area contributed by atoms with Crippen molar-refractivity contribution >= 4 is 5.69 Å². The van der Waals surface area contributed by atoms with Crippen LogP contribution in [0.5, 0.6) is 0 Å². The molecule has 1 heterocycles. The fraction of sp³-hybridized carbons (Fsp3) is 0.538. The van der Waals surface area contributed by atoms with Gasteiger partial charge in [-0.2, -0.15) is 5.48 Å². The van der Waals surface area contributed by atoms with Crippen molar-refractivity contribution in [1.29, 1.82) is 0 Å². The lowest BCUT2D eigenvalue weighted by molar-refractivity contribution is 0.0867. The van der Waals surface area contributed by atoms with E-state index in [9.17, 15) is 4.39 Å². The van der Waals surface area contributed by atoms with Gasteiger partial charge in [0.2, 0.25) is 0 Å². The summed E-state index contributed by atoms with van der Waals surface area (Å²) in [5.41, 5.74) is 4.85. The van der Waals surface area contributed by atoms with Crippen LogP contribution in [0.1, 0.15) is 24.8 Å². The molecule has 1 saturated heterocycles. The predicted molar refractivity (Wildman–Crippen MR) is 66.3 cm³/mol. The Morgan fingerprint density at radius 1 is 1.29 bits per heavy atom. The number of nitrogens with one attached hydrogen (secondary N) is 1. The van der Waals surface area contributed by atoms with Gasteiger partial charge in [0.1, 0.15) is 5.82 Å². The van der Waals surface area contributed by atoms with Gasteiger partial charge in [0.05, 0.1) is 7.11 Å². The number of hydrogen-bond donors (Lipinski definition) is 1. The van der Waals surface area contributed by atoms with E-state index in [0.717, 1.165) is 24.3 Å². The van der Waals surface area contributed by atoms with E-state index in [1.165, 1.54) is 25.3 Å². The summed E-state index contributed by atoms with van der Waals surface area (Å²) < 4.78 is 13.3. The van der Waals surface area contributed by atoms with Gasteiger partial charge < -0.3 is 9.74 Å². The second-order valence-corrected chi connectivity index (χ2v) is 4.35. The molecule has 0 saturated carbocycles. The van der Waals surface area contributed by atoms with Crippen LogP contribution in [-0.2, 0) is 11.4 Å². The Morgan fingerprint density at radius 3 is 2.76 bits per heavy atom. The van der Waals surface area contributed by atoms with E-state index in [2.05, 4.69) is 10.4 Å². The zero-order valence-electron chi connectivity index (χ0n) is 10.2. The van der Waals surface area contributed by atoms with Crippen LogP contribution in [0.4, 0.5) is 10.1 Å². The summed E-state index contributed by atoms with van der Waals surface area (Å²) in [7, 11) is 1.57. The number of hydroxylamine groups is 1. The smallest absolute Gasteiger partial charge is 0.123 e. The molecular formula is C13H19FN2O. The molecule has 4 heteroatoms. The maximum atomic E-state index is 13.3. The first kappa shape index (κ1) is 12.3. The Hall–Kier alpha value is -1.13. The van der Waals surface area contributed by atoms with Gasteiger partial charge in [-0.05, 0) is 43.0 Å². The van der Waals surface area contributed by atoms with Gasteiger partial charge in [-0.3, -0.25) is 0 Å². The average Bonchev–Trinajstić information content (AvgIpc) is 2.37. The van der Waals surface area contributed by atoms with Crippen LogP contribution < -0.4 is 10.4 Å². The molecule has 3 nitrogen and oxygen atoms in total. The molecular weight excluding hydrogens is 219 g/mol. The maximum absolute atomic E-state index is 13.3. The highest BCUT2D eigenvalue weighted by Gasteiger charge is 2.14. The van der Waals surface area contributed by atoms with E-state index < -0.39 is 0 Å². The monoisotopic (exact) mass is 238 g/mol. The Bertz CT molecular complexity index is 364. The molecule has 0 atom stereocenters. The molecule has 17 heavy (non-hydrogen) atoms. The fourth-order valence-corrected chi connectivity index (χ4v) is 2.29. The molecule has 0 aromatic heterocycles. The molecule has 1 aromatic carbocycles. The molecule has 1 aliphatic rings. The summed E-state index contributed by atoms with van der Waals surface area (Å²) in [5.74, 6) is -0.196. The minimum absolute atomic E-state index is 0.196. The lowest BCUT2D eigenvalue weighted by Crippen LogP contribution is -2.30. The minimum atomic E-state index is -0.196. The van der Waals surface area contributed by atoms with Gasteiger partial charge >= 0.3 is 0 Å². The van der Waals surface area contributed by atoms with Crippen LogP contribution in [0.3, 0.4) is 0 Å². The number of hydrogen-bond acceptors (Lipinski definition) is 3. The number of anilines is 1. The number of nitrogens with zero attached hydrogens (tertiary/aromatic N) is 1. The SMILES string of the molecule is CONCc1cc(F)ccc1N1CCCCC1. The summed E-state index contributed by atoms with van der Waals surface area (Å²) in [4.78, 5) is 7.17. The van der Waals surface area contributed by atoms with Crippen LogP contribution in [0.2, 0.25) is 0 Å². The summed E-state index contributed by atoms with van der Waals surface area (Å²) in [6.45, 7) is 2.65. The van der Waals surface area contributed by atoms with Crippen molar-refractivity contribution < 1.29 is 9.23 Å². The lowest BCUT2D eigenvalue weighted by Gasteiger charge is -2.30. The molecule has 0 unspecified atom stereocenters. The molecule has 0 radical (unpaired) electrons. The van der Waals surface area contributed by atoms with Crippen LogP contribution in [0.25, 0.3) is 0 Å². The summed E-state index contributed by atoms with van der Waals surface area (Å²) in [6.07, 6.45) is 3.73. The lowest BCUT2D eigenvalue weighted by atomic mass is 10.1. The third-order valence-electron chi connectivity index (χ3n) is 3.15. The van der Waals surface area contributed by atoms with Crippen molar-refractivity contribution in [3.05, 3.63) is 29.6 Å². The van der Waals surface area contributed by atoms with Crippen molar-refractivity contribution in [2.75, 3.05) is 25.1 Å². The van der Waals surface area contributed by atoms with Gasteiger partial charge in [-0.1, -0.05) is 0 Å². The van der Waals surface area contributed by atoms with E-state index >= 15 is 0 Å². The highest BCUT2D eigenvalue weighted by atomic mass is 19.1. The summed E-state index contributed by atoms with van der Waals surface area (Å²) in [6, 6.07) is 4.98. The summed E-state index contributed by atoms with van der Waals surface area (Å²) in [5, 5.41) is 0. The Labute approximate surface area is 102 Å². The number of piperidine rings is 1. The maximum Gasteiger partial charge on any atom is 0.123 e. The van der Waals surface area contributed by atoms with Crippen molar-refractivity contribution in [3.8, 4) is 0 Å². The van der Waals surface area contributed by atoms with Crippen LogP contribution >= 0.6 is 0 Å². The molecule has 0 spiro atoms. The van der Waals surface area contributed by atoms with Gasteiger partial charge in [0.25, 0.3) is 0 Å². The van der Waals surface area contributed by atoms with Gasteiger partial charge in [-0.15, -0.1) is 0 Å². The Kier molecular flexibility index (Phi) is 4.34. The molecule has 1 N–H and O–H groups in total. The third-order valence-corrected chi connectivity index (χ3v) is 3.15. The average molecular weight is 238 g/mol. The van der Waals surface area contributed by atoms with Gasteiger partial charge in [0.15, 0.2) is 0 Å². The molecule has 94 valence electrons. The third kappa shape index (κ3) is 3.17. The minimum Gasteiger partial charge on any atom is -0.371 e. The first-order chi connectivity index (χ1) is 8.31. The zero-order valence-corrected chi connectivity index (χ0v) is 10.2. The molecule has 1 aliphatic heterocycles. The molecule has 1 aromatic rings. The molecule has 2 rings (SSSR count). The molecule has 0 aliphatic carbocycles. The summed E-state index contributed by atoms with van der Waals surface area (Å²) >= 11 is 0. The highest BCUT2D eigenvalue weighted by molar-refractivity contribution is 5.54. The van der Waals surface area contributed by atoms with Crippen molar-refractivity contribution in [2.45, 2.75) is 25.8 Å². The van der Waals surface area contributed by atoms with Crippen molar-refractivity contribution in [2.24, 2.45) is 0 Å². The highest BCUT2D eigenvalue weighted by Crippen LogP contribution is 2.25. The van der Waals surface area contributed by atoms with Crippen LogP contribution in [0.15, 0.2) is 18.2 Å². The standard InChI is InChI=1S/C13H19FN2O/c1-17-15-10-11-9-12(14)5-6-13(11)16-7-3-2-4-8-16/h5-6,9,15H,2-4,7-8,10H2,1H3. The van der Waals surface area contributed by atoms with E-state index in [1.807, 2.05) is 6.07 Å². The van der Waals surface area contributed by atoms with Crippen molar-refractivity contribution in [1.82, 2.24) is 5.48 Å². The largest absolute Gasteiger partial charge is 0.371 e. The molecule has 1 fully saturated rings. The molecule has 0 amide bonds. The Morgan fingerprint density at radius 2 is 2.06 bits per heavy atom. The van der Waals surface area contributed by atoms with Crippen molar-refractivity contribution in [3.63, 3.8) is 0 Å². The van der Waals surface area contributed by atoms with E-state index in [4.69, 9.17) is 4.84 Å². The second-order valence-electron chi connectivity index (χ2n) is 4.35. The Balaban J connectivity index is 2.18. The molecule has 0 bridgehead atoms. The predicted octanol–water partition coefficient (Wildman–Crippen LogP) is 2.47. The normalized spacial score (nSPS) is 16.2. The van der Waals surface area contributed by atoms with E-state index in [0.29, 0.717) is 6.54 Å². The fourth-order valence-electron chi connectivity index (χ4n) is 2.29. The first-order valence-electron chi connectivity index (χ1n) is 6.10. The topological polar surface area (TPSA) is 24.5 Å². The van der Waals surface area contributed by atoms with E-state index in [1.54, 1.807) is 13.2 Å². The number of rotatable bonds is 4. The number of halogens is 1. The van der Waals surface area contributed by atoms with Gasteiger partial charge in [-0.25, -0.2) is 4.39 Å². The number of benzene rings is 1.